The second kappa shape index (κ2) is 3.43. The number of carboxylic acid groups (broad SMARTS) is 1. The van der Waals surface area contributed by atoms with E-state index < -0.39 is 24.8 Å². The maximum Gasteiger partial charge on any atom is 0.320 e. The van der Waals surface area contributed by atoms with E-state index in [2.05, 4.69) is 0 Å². The summed E-state index contributed by atoms with van der Waals surface area (Å²) in [7, 11) is 0. The molecule has 0 radical (unpaired) electrons. The minimum Gasteiger partial charge on any atom is -0.480 e. The third-order valence-electron chi connectivity index (χ3n) is 0.612. The predicted octanol–water partition coefficient (Wildman–Crippen LogP) is 0.198. The average Bonchev–Trinajstić information content (AvgIpc) is 1.85. The molecule has 0 heterocycles. The van der Waals surface area contributed by atoms with Crippen molar-refractivity contribution in [3.8, 4) is 0 Å². The zero-order valence-electron chi connectivity index (χ0n) is 7.59. The van der Waals surface area contributed by atoms with Gasteiger partial charge in [-0.25, -0.2) is 0 Å². The van der Waals surface area contributed by atoms with Gasteiger partial charge in [0.1, 0.15) is 6.04 Å². The fourth-order valence-electron chi connectivity index (χ4n) is 0.251. The lowest BCUT2D eigenvalue weighted by Gasteiger charge is -2.00. The summed E-state index contributed by atoms with van der Waals surface area (Å²) < 4.78 is 21.2. The number of carbonyl (C=O) groups is 1. The fraction of sp³-hybridized carbons (Fsp3) is 0.800. The Morgan fingerprint density at radius 1 is 2.12 bits per heavy atom. The average molecular weight is 120 g/mol. The number of rotatable bonds is 3. The molecule has 0 saturated carbocycles. The lowest BCUT2D eigenvalue weighted by molar-refractivity contribution is -0.138. The highest BCUT2D eigenvalue weighted by Gasteiger charge is 2.07. The molecule has 0 aromatic rings. The standard InChI is InChI=1S/C5H11NO2/c1-2-3-4(6)5(7)8/h4H,2-3,6H2,1H3,(H,7,8)/i2D,3D2/t2-,4?/m1/s1. The van der Waals surface area contributed by atoms with Crippen molar-refractivity contribution in [2.24, 2.45) is 5.73 Å². The second-order valence-corrected chi connectivity index (χ2v) is 1.27. The number of nitrogens with two attached hydrogens (primary N) is 1. The number of aliphatic carboxylic acids is 1. The molecule has 0 amide bonds. The van der Waals surface area contributed by atoms with Crippen LogP contribution in [0.1, 0.15) is 23.8 Å². The molecule has 3 N–H and O–H groups in total. The molecule has 3 nitrogen and oxygen atoms in total. The molecule has 0 fully saturated rings. The SMILES string of the molecule is [2H][C@H](C)C([2H])([2H])C(N)C(=O)O. The Hall–Kier alpha value is -0.570. The van der Waals surface area contributed by atoms with Crippen LogP contribution in [-0.4, -0.2) is 17.1 Å². The summed E-state index contributed by atoms with van der Waals surface area (Å²) in [5.74, 6) is -1.42. The molecule has 0 rings (SSSR count). The predicted molar refractivity (Wildman–Crippen MR) is 30.5 cm³/mol. The van der Waals surface area contributed by atoms with Gasteiger partial charge in [-0.15, -0.1) is 0 Å². The molecule has 0 aromatic carbocycles. The Kier molecular flexibility index (Phi) is 1.48. The quantitative estimate of drug-likeness (QED) is 0.559. The van der Waals surface area contributed by atoms with Crippen molar-refractivity contribution in [2.75, 3.05) is 0 Å². The highest BCUT2D eigenvalue weighted by Crippen LogP contribution is 1.91. The largest absolute Gasteiger partial charge is 0.480 e. The zero-order chi connectivity index (χ0) is 9.23. The van der Waals surface area contributed by atoms with Crippen molar-refractivity contribution in [1.29, 1.82) is 0 Å². The Bertz CT molecular complexity index is 160. The van der Waals surface area contributed by atoms with E-state index >= 15 is 0 Å². The summed E-state index contributed by atoms with van der Waals surface area (Å²) in [4.78, 5) is 10.2. The molecule has 0 aliphatic rings. The first-order valence-corrected chi connectivity index (χ1v) is 2.20. The van der Waals surface area contributed by atoms with Crippen LogP contribution in [0.15, 0.2) is 0 Å². The van der Waals surface area contributed by atoms with Gasteiger partial charge < -0.3 is 10.8 Å². The number of carboxylic acids is 1. The maximum absolute atomic E-state index is 10.2. The summed E-state index contributed by atoms with van der Waals surface area (Å²) in [6, 6.07) is -1.63. The van der Waals surface area contributed by atoms with Crippen LogP contribution in [0.3, 0.4) is 0 Å². The highest BCUT2D eigenvalue weighted by molar-refractivity contribution is 5.72. The second-order valence-electron chi connectivity index (χ2n) is 1.27. The van der Waals surface area contributed by atoms with Crippen molar-refractivity contribution in [3.05, 3.63) is 0 Å². The van der Waals surface area contributed by atoms with Crippen LogP contribution < -0.4 is 5.73 Å². The molecule has 0 aliphatic heterocycles. The molecule has 3 heteroatoms. The first kappa shape index (κ1) is 3.45. The first-order chi connectivity index (χ1) is 4.80. The molecule has 0 aliphatic carbocycles. The van der Waals surface area contributed by atoms with Gasteiger partial charge in [0.2, 0.25) is 0 Å². The molecule has 0 bridgehead atoms. The molecule has 0 saturated heterocycles. The lowest BCUT2D eigenvalue weighted by atomic mass is 10.2. The molecular formula is C5H11NO2. The Labute approximate surface area is 52.7 Å². The topological polar surface area (TPSA) is 63.3 Å². The summed E-state index contributed by atoms with van der Waals surface area (Å²) in [5.41, 5.74) is 5.00. The lowest BCUT2D eigenvalue weighted by Crippen LogP contribution is -2.29. The van der Waals surface area contributed by atoms with E-state index in [1.807, 2.05) is 0 Å². The van der Waals surface area contributed by atoms with Gasteiger partial charge in [0.25, 0.3) is 0 Å². The normalized spacial score (nSPS) is 24.5. The fourth-order valence-corrected chi connectivity index (χ4v) is 0.251. The van der Waals surface area contributed by atoms with Crippen molar-refractivity contribution < 1.29 is 14.0 Å². The Morgan fingerprint density at radius 2 is 2.62 bits per heavy atom. The molecule has 0 spiro atoms. The molecule has 8 heavy (non-hydrogen) atoms. The van der Waals surface area contributed by atoms with E-state index in [0.29, 0.717) is 0 Å². The van der Waals surface area contributed by atoms with Gasteiger partial charge in [0, 0.05) is 4.11 Å². The number of hydrogen-bond donors (Lipinski definition) is 2. The van der Waals surface area contributed by atoms with Gasteiger partial charge >= 0.3 is 5.97 Å². The van der Waals surface area contributed by atoms with E-state index in [9.17, 15) is 4.79 Å². The van der Waals surface area contributed by atoms with Crippen molar-refractivity contribution >= 4 is 5.97 Å². The maximum atomic E-state index is 10.2. The van der Waals surface area contributed by atoms with Crippen LogP contribution >= 0.6 is 0 Å². The van der Waals surface area contributed by atoms with E-state index in [0.717, 1.165) is 0 Å². The van der Waals surface area contributed by atoms with E-state index in [1.54, 1.807) is 0 Å². The van der Waals surface area contributed by atoms with Gasteiger partial charge in [-0.2, -0.15) is 0 Å². The Balaban J connectivity index is 4.41. The van der Waals surface area contributed by atoms with Crippen molar-refractivity contribution in [2.45, 2.75) is 25.7 Å². The minimum absolute atomic E-state index is 1.14. The molecule has 1 unspecified atom stereocenters. The summed E-state index contributed by atoms with van der Waals surface area (Å²) in [6.45, 7) is 1.27. The molecular weight excluding hydrogens is 106 g/mol. The number of hydrogen-bond acceptors (Lipinski definition) is 2. The van der Waals surface area contributed by atoms with Gasteiger partial charge in [0.15, 0.2) is 0 Å². The van der Waals surface area contributed by atoms with Crippen LogP contribution in [0.25, 0.3) is 0 Å². The van der Waals surface area contributed by atoms with Gasteiger partial charge in [-0.1, -0.05) is 13.3 Å². The molecule has 2 atom stereocenters. The van der Waals surface area contributed by atoms with E-state index in [-0.39, 0.29) is 0 Å². The third-order valence-corrected chi connectivity index (χ3v) is 0.612. The van der Waals surface area contributed by atoms with E-state index in [4.69, 9.17) is 15.0 Å². The minimum atomic E-state index is -2.17. The Morgan fingerprint density at radius 3 is 2.75 bits per heavy atom. The zero-order valence-corrected chi connectivity index (χ0v) is 4.59. The monoisotopic (exact) mass is 120 g/mol. The van der Waals surface area contributed by atoms with Gasteiger partial charge in [0.05, 0.1) is 0 Å². The van der Waals surface area contributed by atoms with Crippen LogP contribution in [0, 0.1) is 0 Å². The smallest absolute Gasteiger partial charge is 0.320 e. The molecule has 48 valence electrons. The highest BCUT2D eigenvalue weighted by atomic mass is 16.4. The van der Waals surface area contributed by atoms with Crippen LogP contribution in [0.4, 0.5) is 0 Å². The van der Waals surface area contributed by atoms with Crippen LogP contribution in [-0.2, 0) is 4.79 Å². The van der Waals surface area contributed by atoms with Gasteiger partial charge in [-0.3, -0.25) is 4.79 Å². The van der Waals surface area contributed by atoms with Crippen molar-refractivity contribution in [1.82, 2.24) is 0 Å². The van der Waals surface area contributed by atoms with E-state index in [1.165, 1.54) is 6.92 Å². The summed E-state index contributed by atoms with van der Waals surface area (Å²) in [6.07, 6.45) is -3.32. The third kappa shape index (κ3) is 2.58. The summed E-state index contributed by atoms with van der Waals surface area (Å²) in [5, 5.41) is 8.32. The summed E-state index contributed by atoms with van der Waals surface area (Å²) >= 11 is 0. The van der Waals surface area contributed by atoms with Gasteiger partial charge in [-0.05, 0) is 6.37 Å². The first-order valence-electron chi connectivity index (χ1n) is 3.78. The van der Waals surface area contributed by atoms with Crippen LogP contribution in [0.2, 0.25) is 0 Å². The van der Waals surface area contributed by atoms with Crippen LogP contribution in [0.5, 0.6) is 0 Å². The molecule has 0 aromatic heterocycles. The van der Waals surface area contributed by atoms with Crippen molar-refractivity contribution in [3.63, 3.8) is 0 Å².